The highest BCUT2D eigenvalue weighted by Crippen LogP contribution is 2.24. The summed E-state index contributed by atoms with van der Waals surface area (Å²) in [6.07, 6.45) is 0. The first kappa shape index (κ1) is 15.8. The second kappa shape index (κ2) is 6.25. The lowest BCUT2D eigenvalue weighted by molar-refractivity contribution is -0.124. The summed E-state index contributed by atoms with van der Waals surface area (Å²) >= 11 is 0. The van der Waals surface area contributed by atoms with Gasteiger partial charge in [0.05, 0.1) is 12.0 Å². The van der Waals surface area contributed by atoms with Crippen LogP contribution in [-0.4, -0.2) is 21.4 Å². The fourth-order valence-electron chi connectivity index (χ4n) is 1.45. The van der Waals surface area contributed by atoms with Crippen molar-refractivity contribution in [3.8, 4) is 5.75 Å². The summed E-state index contributed by atoms with van der Waals surface area (Å²) in [5, 5.41) is 2.64. The minimum absolute atomic E-state index is 0.0287. The number of hydrogen-bond acceptors (Lipinski definition) is 4. The Hall–Kier alpha value is -1.27. The van der Waals surface area contributed by atoms with E-state index >= 15 is 0 Å². The first-order chi connectivity index (χ1) is 8.75. The van der Waals surface area contributed by atoms with Gasteiger partial charge in [-0.05, 0) is 23.8 Å². The maximum atomic E-state index is 11.5. The molecule has 0 aliphatic rings. The molecule has 19 heavy (non-hydrogen) atoms. The van der Waals surface area contributed by atoms with Crippen LogP contribution >= 0.6 is 10.7 Å². The second-order valence-corrected chi connectivity index (χ2v) is 6.82. The normalized spacial score (nSPS) is 11.4. The number of methoxy groups -OCH3 is 1. The van der Waals surface area contributed by atoms with Crippen LogP contribution in [0.5, 0.6) is 5.75 Å². The Morgan fingerprint density at radius 1 is 1.42 bits per heavy atom. The molecule has 0 atom stereocenters. The molecule has 0 aliphatic carbocycles. The first-order valence-corrected chi connectivity index (χ1v) is 7.96. The average Bonchev–Trinajstić information content (AvgIpc) is 2.34. The van der Waals surface area contributed by atoms with E-state index < -0.39 is 9.05 Å². The molecule has 0 aliphatic heterocycles. The van der Waals surface area contributed by atoms with Crippen molar-refractivity contribution in [1.82, 2.24) is 5.32 Å². The number of ether oxygens (including phenoxy) is 1. The summed E-state index contributed by atoms with van der Waals surface area (Å²) in [7, 11) is 2.97. The average molecular weight is 306 g/mol. The SMILES string of the molecule is COc1ccc(S(=O)(=O)Cl)c(CNC(=O)C(C)C)c1. The topological polar surface area (TPSA) is 72.5 Å². The van der Waals surface area contributed by atoms with Gasteiger partial charge >= 0.3 is 0 Å². The molecule has 0 fully saturated rings. The van der Waals surface area contributed by atoms with Crippen molar-refractivity contribution < 1.29 is 17.9 Å². The van der Waals surface area contributed by atoms with Crippen LogP contribution in [0, 0.1) is 5.92 Å². The zero-order valence-electron chi connectivity index (χ0n) is 10.9. The first-order valence-electron chi connectivity index (χ1n) is 5.65. The van der Waals surface area contributed by atoms with Gasteiger partial charge in [0.15, 0.2) is 0 Å². The van der Waals surface area contributed by atoms with Crippen molar-refractivity contribution >= 4 is 25.6 Å². The van der Waals surface area contributed by atoms with Crippen LogP contribution in [0.15, 0.2) is 23.1 Å². The third-order valence-corrected chi connectivity index (χ3v) is 3.93. The maximum Gasteiger partial charge on any atom is 0.261 e. The molecule has 1 rings (SSSR count). The molecular formula is C12H16ClNO4S. The van der Waals surface area contributed by atoms with Crippen LogP contribution in [0.25, 0.3) is 0 Å². The number of carbonyl (C=O) groups is 1. The highest BCUT2D eigenvalue weighted by molar-refractivity contribution is 8.13. The van der Waals surface area contributed by atoms with E-state index in [1.165, 1.54) is 25.3 Å². The summed E-state index contributed by atoms with van der Waals surface area (Å²) in [6.45, 7) is 3.58. The molecule has 0 spiro atoms. The zero-order chi connectivity index (χ0) is 14.6. The number of carbonyl (C=O) groups excluding carboxylic acids is 1. The molecular weight excluding hydrogens is 290 g/mol. The van der Waals surface area contributed by atoms with Crippen molar-refractivity contribution in [2.45, 2.75) is 25.3 Å². The van der Waals surface area contributed by atoms with E-state index in [-0.39, 0.29) is 23.3 Å². The summed E-state index contributed by atoms with van der Waals surface area (Å²) in [5.41, 5.74) is 0.392. The third-order valence-electron chi connectivity index (χ3n) is 2.51. The van der Waals surface area contributed by atoms with Crippen molar-refractivity contribution in [1.29, 1.82) is 0 Å². The van der Waals surface area contributed by atoms with Crippen LogP contribution in [0.2, 0.25) is 0 Å². The van der Waals surface area contributed by atoms with Gasteiger partial charge in [0.1, 0.15) is 5.75 Å². The molecule has 0 saturated heterocycles. The molecule has 5 nitrogen and oxygen atoms in total. The number of hydrogen-bond donors (Lipinski definition) is 1. The molecule has 1 amide bonds. The second-order valence-electron chi connectivity index (χ2n) is 4.28. The highest BCUT2D eigenvalue weighted by Gasteiger charge is 2.17. The summed E-state index contributed by atoms with van der Waals surface area (Å²) in [5.74, 6) is 0.153. The van der Waals surface area contributed by atoms with E-state index in [4.69, 9.17) is 15.4 Å². The minimum Gasteiger partial charge on any atom is -0.497 e. The smallest absolute Gasteiger partial charge is 0.261 e. The van der Waals surface area contributed by atoms with Crippen LogP contribution in [0.4, 0.5) is 0 Å². The fraction of sp³-hybridized carbons (Fsp3) is 0.417. The van der Waals surface area contributed by atoms with Gasteiger partial charge < -0.3 is 10.1 Å². The third kappa shape index (κ3) is 4.40. The van der Waals surface area contributed by atoms with Gasteiger partial charge in [-0.15, -0.1) is 0 Å². The monoisotopic (exact) mass is 305 g/mol. The molecule has 1 aromatic carbocycles. The number of benzene rings is 1. The fourth-order valence-corrected chi connectivity index (χ4v) is 2.57. The summed E-state index contributed by atoms with van der Waals surface area (Å²) in [6, 6.07) is 4.40. The number of rotatable bonds is 5. The van der Waals surface area contributed by atoms with Crippen molar-refractivity contribution in [2.75, 3.05) is 7.11 Å². The Bertz CT molecular complexity index is 569. The number of halogens is 1. The van der Waals surface area contributed by atoms with Crippen LogP contribution in [-0.2, 0) is 20.4 Å². The van der Waals surface area contributed by atoms with Crippen LogP contribution in [0.1, 0.15) is 19.4 Å². The van der Waals surface area contributed by atoms with Gasteiger partial charge in [0.2, 0.25) is 5.91 Å². The molecule has 0 heterocycles. The molecule has 106 valence electrons. The van der Waals surface area contributed by atoms with Gasteiger partial charge in [-0.25, -0.2) is 8.42 Å². The Morgan fingerprint density at radius 2 is 2.05 bits per heavy atom. The zero-order valence-corrected chi connectivity index (χ0v) is 12.5. The maximum absolute atomic E-state index is 11.5. The Balaban J connectivity index is 3.06. The van der Waals surface area contributed by atoms with Gasteiger partial charge in [0, 0.05) is 23.1 Å². The molecule has 1 aromatic rings. The van der Waals surface area contributed by atoms with Crippen molar-refractivity contribution in [3.63, 3.8) is 0 Å². The molecule has 7 heteroatoms. The van der Waals surface area contributed by atoms with Gasteiger partial charge in [-0.3, -0.25) is 4.79 Å². The van der Waals surface area contributed by atoms with Gasteiger partial charge in [0.25, 0.3) is 9.05 Å². The van der Waals surface area contributed by atoms with Crippen molar-refractivity contribution in [2.24, 2.45) is 5.92 Å². The van der Waals surface area contributed by atoms with E-state index in [0.29, 0.717) is 11.3 Å². The molecule has 1 N–H and O–H groups in total. The van der Waals surface area contributed by atoms with E-state index in [9.17, 15) is 13.2 Å². The minimum atomic E-state index is -3.86. The summed E-state index contributed by atoms with van der Waals surface area (Å²) < 4.78 is 27.9. The lowest BCUT2D eigenvalue weighted by Crippen LogP contribution is -2.27. The van der Waals surface area contributed by atoms with Crippen LogP contribution in [0.3, 0.4) is 0 Å². The van der Waals surface area contributed by atoms with Crippen molar-refractivity contribution in [3.05, 3.63) is 23.8 Å². The Labute approximate surface area is 117 Å². The molecule has 0 aromatic heterocycles. The van der Waals surface area contributed by atoms with Gasteiger partial charge in [-0.2, -0.15) is 0 Å². The van der Waals surface area contributed by atoms with E-state index in [1.54, 1.807) is 13.8 Å². The summed E-state index contributed by atoms with van der Waals surface area (Å²) in [4.78, 5) is 11.5. The van der Waals surface area contributed by atoms with Gasteiger partial charge in [-0.1, -0.05) is 13.8 Å². The largest absolute Gasteiger partial charge is 0.497 e. The molecule has 0 saturated carbocycles. The van der Waals surface area contributed by atoms with Crippen LogP contribution < -0.4 is 10.1 Å². The quantitative estimate of drug-likeness (QED) is 0.843. The predicted octanol–water partition coefficient (Wildman–Crippen LogP) is 1.89. The van der Waals surface area contributed by atoms with E-state index in [0.717, 1.165) is 0 Å². The molecule has 0 unspecified atom stereocenters. The lowest BCUT2D eigenvalue weighted by atomic mass is 10.2. The standard InChI is InChI=1S/C12H16ClNO4S/c1-8(2)12(15)14-7-9-6-10(18-3)4-5-11(9)19(13,16)17/h4-6,8H,7H2,1-3H3,(H,14,15). The molecule has 0 bridgehead atoms. The lowest BCUT2D eigenvalue weighted by Gasteiger charge is -2.11. The number of nitrogens with one attached hydrogen (secondary N) is 1. The Morgan fingerprint density at radius 3 is 2.53 bits per heavy atom. The van der Waals surface area contributed by atoms with E-state index in [1.807, 2.05) is 0 Å². The Kier molecular flexibility index (Phi) is 5.20. The number of amides is 1. The highest BCUT2D eigenvalue weighted by atomic mass is 35.7. The molecule has 0 radical (unpaired) electrons. The van der Waals surface area contributed by atoms with E-state index in [2.05, 4.69) is 5.32 Å². The predicted molar refractivity (Wildman–Crippen MR) is 72.7 cm³/mol.